The van der Waals surface area contributed by atoms with Gasteiger partial charge in [0.15, 0.2) is 0 Å². The highest BCUT2D eigenvalue weighted by Gasteiger charge is 2.50. The molecule has 0 bridgehead atoms. The molecule has 3 heterocycles. The first-order chi connectivity index (χ1) is 17.8. The summed E-state index contributed by atoms with van der Waals surface area (Å²) >= 11 is 0. The average molecular weight is 501 g/mol. The number of benzene rings is 2. The van der Waals surface area contributed by atoms with E-state index in [9.17, 15) is 9.18 Å². The van der Waals surface area contributed by atoms with Crippen LogP contribution in [0.5, 0.6) is 0 Å². The second-order valence-corrected chi connectivity index (χ2v) is 11.2. The molecule has 1 saturated heterocycles. The predicted molar refractivity (Wildman–Crippen MR) is 142 cm³/mol. The SMILES string of the molecule is Cc1cc(CN2CCC[C@H](C)C2)cc2c(=O)c(-c3cccc(C4(c5nncn5C)CC(F)C4)c3)coc12. The Morgan fingerprint density at radius 3 is 2.78 bits per heavy atom. The van der Waals surface area contributed by atoms with Gasteiger partial charge in [0.05, 0.1) is 16.4 Å². The number of aromatic nitrogens is 3. The van der Waals surface area contributed by atoms with Gasteiger partial charge >= 0.3 is 0 Å². The molecule has 192 valence electrons. The minimum Gasteiger partial charge on any atom is -0.463 e. The van der Waals surface area contributed by atoms with Crippen LogP contribution in [0.4, 0.5) is 4.39 Å². The molecule has 0 radical (unpaired) electrons. The second kappa shape index (κ2) is 9.21. The second-order valence-electron chi connectivity index (χ2n) is 11.2. The third-order valence-corrected chi connectivity index (χ3v) is 8.27. The summed E-state index contributed by atoms with van der Waals surface area (Å²) in [6, 6.07) is 12.0. The summed E-state index contributed by atoms with van der Waals surface area (Å²) in [6.45, 7) is 7.33. The molecular formula is C30H33FN4O2. The first-order valence-electron chi connectivity index (χ1n) is 13.2. The van der Waals surface area contributed by atoms with E-state index < -0.39 is 11.6 Å². The Kier molecular flexibility index (Phi) is 5.98. The Bertz CT molecular complexity index is 1520. The van der Waals surface area contributed by atoms with Crippen LogP contribution in [0.2, 0.25) is 0 Å². The van der Waals surface area contributed by atoms with Crippen molar-refractivity contribution < 1.29 is 8.81 Å². The molecule has 0 N–H and O–H groups in total. The molecule has 0 unspecified atom stereocenters. The third kappa shape index (κ3) is 4.19. The van der Waals surface area contributed by atoms with E-state index in [0.29, 0.717) is 35.3 Å². The van der Waals surface area contributed by atoms with Gasteiger partial charge in [0.25, 0.3) is 0 Å². The van der Waals surface area contributed by atoms with E-state index in [-0.39, 0.29) is 5.43 Å². The standard InChI is InChI=1S/C30H33FN4O2/c1-19-6-5-9-35(15-19)16-21-10-20(2)28-25(11-21)27(36)26(17-37-28)22-7-4-8-23(12-22)30(13-24(31)14-30)29-33-32-18-34(29)3/h4,7-8,10-12,17-19,24H,5-6,9,13-16H2,1-3H3/t19-,24?,30?/m0/s1. The summed E-state index contributed by atoms with van der Waals surface area (Å²) in [6.07, 6.45) is 5.54. The Balaban J connectivity index is 1.39. The maximum absolute atomic E-state index is 14.2. The number of piperidine rings is 1. The number of aryl methyl sites for hydroxylation is 2. The number of nitrogens with zero attached hydrogens (tertiary/aromatic N) is 4. The monoisotopic (exact) mass is 500 g/mol. The molecule has 2 aromatic carbocycles. The molecule has 1 aliphatic heterocycles. The largest absolute Gasteiger partial charge is 0.463 e. The van der Waals surface area contributed by atoms with Crippen molar-refractivity contribution in [3.05, 3.63) is 81.7 Å². The van der Waals surface area contributed by atoms with Gasteiger partial charge in [-0.05, 0) is 79.5 Å². The molecule has 2 aliphatic rings. The van der Waals surface area contributed by atoms with Gasteiger partial charge in [0, 0.05) is 20.1 Å². The number of alkyl halides is 1. The van der Waals surface area contributed by atoms with Gasteiger partial charge in [0.1, 0.15) is 30.2 Å². The predicted octanol–water partition coefficient (Wildman–Crippen LogP) is 5.55. The summed E-state index contributed by atoms with van der Waals surface area (Å²) in [7, 11) is 1.88. The lowest BCUT2D eigenvalue weighted by molar-refractivity contribution is 0.114. The van der Waals surface area contributed by atoms with E-state index in [1.54, 1.807) is 12.6 Å². The normalized spacial score (nSPS) is 24.3. The molecule has 37 heavy (non-hydrogen) atoms. The zero-order valence-corrected chi connectivity index (χ0v) is 21.7. The van der Waals surface area contributed by atoms with Crippen LogP contribution in [0.15, 0.2) is 58.2 Å². The lowest BCUT2D eigenvalue weighted by Gasteiger charge is -2.43. The fourth-order valence-electron chi connectivity index (χ4n) is 6.41. The molecule has 6 nitrogen and oxygen atoms in total. The van der Waals surface area contributed by atoms with Gasteiger partial charge in [-0.1, -0.05) is 31.2 Å². The minimum atomic E-state index is -0.879. The smallest absolute Gasteiger partial charge is 0.200 e. The van der Waals surface area contributed by atoms with E-state index in [4.69, 9.17) is 4.42 Å². The molecule has 0 amide bonds. The Morgan fingerprint density at radius 1 is 1.22 bits per heavy atom. The Labute approximate surface area is 216 Å². The highest BCUT2D eigenvalue weighted by Crippen LogP contribution is 2.50. The summed E-state index contributed by atoms with van der Waals surface area (Å²) in [4.78, 5) is 16.3. The molecule has 2 fully saturated rings. The van der Waals surface area contributed by atoms with Crippen molar-refractivity contribution in [1.29, 1.82) is 0 Å². The first kappa shape index (κ1) is 24.0. The zero-order valence-electron chi connectivity index (χ0n) is 21.7. The topological polar surface area (TPSA) is 64.2 Å². The molecular weight excluding hydrogens is 467 g/mol. The van der Waals surface area contributed by atoms with Crippen molar-refractivity contribution in [3.8, 4) is 11.1 Å². The van der Waals surface area contributed by atoms with Crippen LogP contribution in [-0.4, -0.2) is 38.9 Å². The average Bonchev–Trinajstić information content (AvgIpc) is 3.28. The van der Waals surface area contributed by atoms with Crippen LogP contribution >= 0.6 is 0 Å². The molecule has 1 atom stereocenters. The van der Waals surface area contributed by atoms with E-state index >= 15 is 0 Å². The third-order valence-electron chi connectivity index (χ3n) is 8.27. The number of halogens is 1. The van der Waals surface area contributed by atoms with Gasteiger partial charge in [-0.2, -0.15) is 0 Å². The molecule has 2 aromatic heterocycles. The van der Waals surface area contributed by atoms with Crippen LogP contribution in [0.3, 0.4) is 0 Å². The van der Waals surface area contributed by atoms with Crippen LogP contribution in [-0.2, 0) is 19.0 Å². The summed E-state index contributed by atoms with van der Waals surface area (Å²) < 4.78 is 22.1. The Morgan fingerprint density at radius 2 is 2.05 bits per heavy atom. The molecule has 7 heteroatoms. The molecule has 1 saturated carbocycles. The van der Waals surface area contributed by atoms with Crippen molar-refractivity contribution in [2.24, 2.45) is 13.0 Å². The van der Waals surface area contributed by atoms with E-state index in [0.717, 1.165) is 47.7 Å². The van der Waals surface area contributed by atoms with Crippen molar-refractivity contribution >= 4 is 11.0 Å². The molecule has 6 rings (SSSR count). The van der Waals surface area contributed by atoms with Crippen molar-refractivity contribution in [2.75, 3.05) is 13.1 Å². The number of fused-ring (bicyclic) bond motifs is 1. The first-order valence-corrected chi connectivity index (χ1v) is 13.2. The van der Waals surface area contributed by atoms with Crippen molar-refractivity contribution in [3.63, 3.8) is 0 Å². The maximum Gasteiger partial charge on any atom is 0.200 e. The number of rotatable bonds is 5. The summed E-state index contributed by atoms with van der Waals surface area (Å²) in [5.74, 6) is 1.45. The number of hydrogen-bond acceptors (Lipinski definition) is 5. The molecule has 4 aromatic rings. The van der Waals surface area contributed by atoms with Gasteiger partial charge in [-0.3, -0.25) is 9.69 Å². The Hall–Kier alpha value is -3.32. The molecule has 0 spiro atoms. The lowest BCUT2D eigenvalue weighted by atomic mass is 9.62. The lowest BCUT2D eigenvalue weighted by Crippen LogP contribution is -2.45. The fourth-order valence-corrected chi connectivity index (χ4v) is 6.41. The van der Waals surface area contributed by atoms with Gasteiger partial charge < -0.3 is 8.98 Å². The summed E-state index contributed by atoms with van der Waals surface area (Å²) in [5.41, 5.74) is 4.38. The number of likely N-dealkylation sites (tertiary alicyclic amines) is 1. The highest BCUT2D eigenvalue weighted by atomic mass is 19.1. The van der Waals surface area contributed by atoms with Crippen LogP contribution in [0.1, 0.15) is 55.1 Å². The van der Waals surface area contributed by atoms with Gasteiger partial charge in [0.2, 0.25) is 5.43 Å². The minimum absolute atomic E-state index is 0.0416. The zero-order chi connectivity index (χ0) is 25.7. The number of hydrogen-bond donors (Lipinski definition) is 0. The van der Waals surface area contributed by atoms with E-state index in [1.165, 1.54) is 12.8 Å². The summed E-state index contributed by atoms with van der Waals surface area (Å²) in [5, 5.41) is 8.96. The van der Waals surface area contributed by atoms with Crippen LogP contribution < -0.4 is 5.43 Å². The van der Waals surface area contributed by atoms with Gasteiger partial charge in [-0.25, -0.2) is 4.39 Å². The van der Waals surface area contributed by atoms with Crippen molar-refractivity contribution in [1.82, 2.24) is 19.7 Å². The quantitative estimate of drug-likeness (QED) is 0.360. The fraction of sp³-hybridized carbons (Fsp3) is 0.433. The van der Waals surface area contributed by atoms with Gasteiger partial charge in [-0.15, -0.1) is 10.2 Å². The highest BCUT2D eigenvalue weighted by molar-refractivity contribution is 5.84. The van der Waals surface area contributed by atoms with Crippen molar-refractivity contribution in [2.45, 2.75) is 57.7 Å². The van der Waals surface area contributed by atoms with E-state index in [1.807, 2.05) is 48.9 Å². The maximum atomic E-state index is 14.2. The van der Waals surface area contributed by atoms with Crippen LogP contribution in [0.25, 0.3) is 22.1 Å². The van der Waals surface area contributed by atoms with Crippen LogP contribution in [0, 0.1) is 12.8 Å². The molecule has 1 aliphatic carbocycles. The van der Waals surface area contributed by atoms with E-state index in [2.05, 4.69) is 28.1 Å².